The predicted octanol–water partition coefficient (Wildman–Crippen LogP) is 3.31. The first kappa shape index (κ1) is 17.9. The molecule has 0 aliphatic rings. The van der Waals surface area contributed by atoms with E-state index in [1.807, 2.05) is 0 Å². The Hall–Kier alpha value is -2.11. The fourth-order valence-corrected chi connectivity index (χ4v) is 2.07. The van der Waals surface area contributed by atoms with E-state index in [1.165, 1.54) is 30.7 Å². The van der Waals surface area contributed by atoms with Crippen molar-refractivity contribution in [1.82, 2.24) is 5.32 Å². The number of nitro groups is 1. The molecule has 0 aliphatic carbocycles. The second kappa shape index (κ2) is 9.76. The molecule has 1 N–H and O–H groups in total. The maximum atomic E-state index is 11.7. The molecular formula is C16H24N2O4. The quantitative estimate of drug-likeness (QED) is 0.531. The summed E-state index contributed by atoms with van der Waals surface area (Å²) < 4.78 is 5.31. The Bertz CT molecular complexity index is 474. The van der Waals surface area contributed by atoms with Crippen LogP contribution < -0.4 is 10.1 Å². The van der Waals surface area contributed by atoms with E-state index in [9.17, 15) is 14.9 Å². The zero-order valence-electron chi connectivity index (χ0n) is 13.2. The van der Waals surface area contributed by atoms with Crippen molar-refractivity contribution in [3.63, 3.8) is 0 Å². The third-order valence-corrected chi connectivity index (χ3v) is 3.55. The number of nitrogens with zero attached hydrogens (tertiary/aromatic N) is 1. The summed E-state index contributed by atoms with van der Waals surface area (Å²) >= 11 is 0. The van der Waals surface area contributed by atoms with Crippen molar-refractivity contribution >= 4 is 11.6 Å². The number of unbranched alkanes of at least 4 members (excludes halogenated alkanes) is 1. The van der Waals surface area contributed by atoms with Crippen molar-refractivity contribution in [2.45, 2.75) is 39.5 Å². The molecule has 0 radical (unpaired) electrons. The first-order valence-electron chi connectivity index (χ1n) is 7.70. The van der Waals surface area contributed by atoms with Crippen LogP contribution in [0.1, 0.15) is 39.5 Å². The summed E-state index contributed by atoms with van der Waals surface area (Å²) in [6.07, 6.45) is 4.50. The molecule has 0 aromatic heterocycles. The van der Waals surface area contributed by atoms with Gasteiger partial charge in [0.1, 0.15) is 5.75 Å². The lowest BCUT2D eigenvalue weighted by Gasteiger charge is -2.15. The molecule has 22 heavy (non-hydrogen) atoms. The summed E-state index contributed by atoms with van der Waals surface area (Å²) in [4.78, 5) is 21.8. The molecule has 1 atom stereocenters. The average molecular weight is 308 g/mol. The molecule has 122 valence electrons. The van der Waals surface area contributed by atoms with Crippen LogP contribution in [0.15, 0.2) is 24.3 Å². The molecular weight excluding hydrogens is 284 g/mol. The van der Waals surface area contributed by atoms with Crippen LogP contribution in [0.3, 0.4) is 0 Å². The molecule has 0 heterocycles. The van der Waals surface area contributed by atoms with Gasteiger partial charge in [-0.3, -0.25) is 14.9 Å². The monoisotopic (exact) mass is 308 g/mol. The highest BCUT2D eigenvalue weighted by molar-refractivity contribution is 5.77. The molecule has 1 amide bonds. The Morgan fingerprint density at radius 3 is 2.55 bits per heavy atom. The number of non-ortho nitro benzene ring substituents is 1. The number of nitrogens with one attached hydrogen (secondary N) is 1. The van der Waals surface area contributed by atoms with E-state index in [1.54, 1.807) is 0 Å². The van der Waals surface area contributed by atoms with Gasteiger partial charge in [0, 0.05) is 18.7 Å². The van der Waals surface area contributed by atoms with E-state index >= 15 is 0 Å². The Morgan fingerprint density at radius 1 is 1.32 bits per heavy atom. The van der Waals surface area contributed by atoms with Gasteiger partial charge in [-0.1, -0.05) is 33.1 Å². The van der Waals surface area contributed by atoms with Crippen molar-refractivity contribution in [2.75, 3.05) is 13.2 Å². The Kier molecular flexibility index (Phi) is 7.96. The summed E-state index contributed by atoms with van der Waals surface area (Å²) in [6, 6.07) is 5.68. The Morgan fingerprint density at radius 2 is 2.00 bits per heavy atom. The molecule has 0 saturated heterocycles. The molecule has 1 aromatic carbocycles. The van der Waals surface area contributed by atoms with Gasteiger partial charge < -0.3 is 10.1 Å². The lowest BCUT2D eigenvalue weighted by Crippen LogP contribution is -2.33. The minimum atomic E-state index is -0.475. The van der Waals surface area contributed by atoms with Crippen molar-refractivity contribution in [1.29, 1.82) is 0 Å². The second-order valence-corrected chi connectivity index (χ2v) is 5.26. The molecule has 0 unspecified atom stereocenters. The first-order chi connectivity index (χ1) is 10.6. The summed E-state index contributed by atoms with van der Waals surface area (Å²) in [5, 5.41) is 13.4. The van der Waals surface area contributed by atoms with Crippen LogP contribution in [0.2, 0.25) is 0 Å². The van der Waals surface area contributed by atoms with E-state index in [-0.39, 0.29) is 18.2 Å². The number of nitro benzene ring substituents is 1. The van der Waals surface area contributed by atoms with Gasteiger partial charge in [-0.05, 0) is 24.5 Å². The number of carbonyl (C=O) groups is 1. The number of carbonyl (C=O) groups excluding carboxylic acids is 1. The highest BCUT2D eigenvalue weighted by Crippen LogP contribution is 2.17. The predicted molar refractivity (Wildman–Crippen MR) is 84.9 cm³/mol. The number of rotatable bonds is 10. The third kappa shape index (κ3) is 6.56. The normalized spacial score (nSPS) is 11.7. The van der Waals surface area contributed by atoms with Gasteiger partial charge in [-0.15, -0.1) is 0 Å². The highest BCUT2D eigenvalue weighted by Gasteiger charge is 2.09. The summed E-state index contributed by atoms with van der Waals surface area (Å²) in [5.41, 5.74) is -0.00138. The van der Waals surface area contributed by atoms with Crippen molar-refractivity contribution < 1.29 is 14.5 Å². The van der Waals surface area contributed by atoms with Gasteiger partial charge in [0.15, 0.2) is 6.61 Å². The van der Waals surface area contributed by atoms with Crippen LogP contribution in [0.5, 0.6) is 5.75 Å². The molecule has 0 bridgehead atoms. The van der Waals surface area contributed by atoms with E-state index in [0.29, 0.717) is 18.2 Å². The molecule has 0 saturated carbocycles. The van der Waals surface area contributed by atoms with Crippen LogP contribution in [-0.4, -0.2) is 24.0 Å². The first-order valence-corrected chi connectivity index (χ1v) is 7.70. The molecule has 1 rings (SSSR count). The number of amides is 1. The number of hydrogen-bond acceptors (Lipinski definition) is 4. The summed E-state index contributed by atoms with van der Waals surface area (Å²) in [7, 11) is 0. The van der Waals surface area contributed by atoms with E-state index in [4.69, 9.17) is 4.74 Å². The zero-order chi connectivity index (χ0) is 16.4. The van der Waals surface area contributed by atoms with Crippen LogP contribution >= 0.6 is 0 Å². The minimum absolute atomic E-state index is 0.00138. The van der Waals surface area contributed by atoms with Gasteiger partial charge in [0.2, 0.25) is 0 Å². The smallest absolute Gasteiger partial charge is 0.269 e. The number of benzene rings is 1. The molecule has 0 aliphatic heterocycles. The fraction of sp³-hybridized carbons (Fsp3) is 0.562. The van der Waals surface area contributed by atoms with Crippen molar-refractivity contribution in [3.8, 4) is 5.75 Å². The standard InChI is InChI=1S/C16H24N2O4/c1-3-5-6-13(4-2)11-17-16(19)12-22-15-9-7-14(8-10-15)18(20)21/h7-10,13H,3-6,11-12H2,1-2H3,(H,17,19)/t13-/m0/s1. The van der Waals surface area contributed by atoms with E-state index in [2.05, 4.69) is 19.2 Å². The van der Waals surface area contributed by atoms with E-state index < -0.39 is 4.92 Å². The van der Waals surface area contributed by atoms with Gasteiger partial charge >= 0.3 is 0 Å². The SMILES string of the molecule is CCCC[C@H](CC)CNC(=O)COc1ccc([N+](=O)[O-])cc1. The zero-order valence-corrected chi connectivity index (χ0v) is 13.2. The Balaban J connectivity index is 2.31. The molecule has 6 heteroatoms. The third-order valence-electron chi connectivity index (χ3n) is 3.55. The van der Waals surface area contributed by atoms with Crippen LogP contribution in [-0.2, 0) is 4.79 Å². The number of ether oxygens (including phenoxy) is 1. The van der Waals surface area contributed by atoms with Crippen LogP contribution in [0.25, 0.3) is 0 Å². The van der Waals surface area contributed by atoms with E-state index in [0.717, 1.165) is 19.3 Å². The van der Waals surface area contributed by atoms with Gasteiger partial charge in [0.25, 0.3) is 11.6 Å². The summed E-state index contributed by atoms with van der Waals surface area (Å²) in [6.45, 7) is 4.87. The van der Waals surface area contributed by atoms with Gasteiger partial charge in [-0.25, -0.2) is 0 Å². The van der Waals surface area contributed by atoms with Gasteiger partial charge in [-0.2, -0.15) is 0 Å². The average Bonchev–Trinajstić information content (AvgIpc) is 2.53. The topological polar surface area (TPSA) is 81.5 Å². The molecule has 6 nitrogen and oxygen atoms in total. The molecule has 1 aromatic rings. The summed E-state index contributed by atoms with van der Waals surface area (Å²) in [5.74, 6) is 0.773. The largest absolute Gasteiger partial charge is 0.484 e. The lowest BCUT2D eigenvalue weighted by atomic mass is 9.99. The number of hydrogen-bond donors (Lipinski definition) is 1. The molecule has 0 spiro atoms. The minimum Gasteiger partial charge on any atom is -0.484 e. The van der Waals surface area contributed by atoms with Crippen molar-refractivity contribution in [3.05, 3.63) is 34.4 Å². The fourth-order valence-electron chi connectivity index (χ4n) is 2.07. The van der Waals surface area contributed by atoms with Crippen LogP contribution in [0, 0.1) is 16.0 Å². The Labute approximate surface area is 131 Å². The van der Waals surface area contributed by atoms with Crippen molar-refractivity contribution in [2.24, 2.45) is 5.92 Å². The van der Waals surface area contributed by atoms with Crippen LogP contribution in [0.4, 0.5) is 5.69 Å². The maximum absolute atomic E-state index is 11.7. The molecule has 0 fully saturated rings. The maximum Gasteiger partial charge on any atom is 0.269 e. The lowest BCUT2D eigenvalue weighted by molar-refractivity contribution is -0.384. The highest BCUT2D eigenvalue weighted by atomic mass is 16.6. The van der Waals surface area contributed by atoms with Gasteiger partial charge in [0.05, 0.1) is 4.92 Å². The second-order valence-electron chi connectivity index (χ2n) is 5.26.